The van der Waals surface area contributed by atoms with Crippen LogP contribution in [0.4, 0.5) is 11.4 Å². The molecule has 154 valence electrons. The molecule has 0 saturated carbocycles. The van der Waals surface area contributed by atoms with Crippen LogP contribution in [0.3, 0.4) is 0 Å². The molecular formula is C17H18N4O7S. The number of hydrogen-bond acceptors (Lipinski definition) is 7. The van der Waals surface area contributed by atoms with E-state index in [0.29, 0.717) is 17.8 Å². The van der Waals surface area contributed by atoms with Gasteiger partial charge in [-0.15, -0.1) is 0 Å². The van der Waals surface area contributed by atoms with Crippen LogP contribution in [0.15, 0.2) is 47.4 Å². The third kappa shape index (κ3) is 5.99. The zero-order chi connectivity index (χ0) is 21.6. The van der Waals surface area contributed by atoms with Gasteiger partial charge in [0.15, 0.2) is 12.4 Å². The fourth-order valence-corrected chi connectivity index (χ4v) is 2.81. The molecule has 0 spiro atoms. The summed E-state index contributed by atoms with van der Waals surface area (Å²) in [7, 11) is -4.13. The average Bonchev–Trinajstić information content (AvgIpc) is 2.65. The largest absolute Gasteiger partial charge is 0.477 e. The second-order valence-corrected chi connectivity index (χ2v) is 7.27. The van der Waals surface area contributed by atoms with Crippen molar-refractivity contribution < 1.29 is 27.7 Å². The highest BCUT2D eigenvalue weighted by molar-refractivity contribution is 7.89. The van der Waals surface area contributed by atoms with E-state index in [4.69, 9.17) is 9.88 Å². The van der Waals surface area contributed by atoms with Gasteiger partial charge in [-0.25, -0.2) is 13.6 Å². The number of anilines is 1. The van der Waals surface area contributed by atoms with Crippen molar-refractivity contribution >= 4 is 33.2 Å². The minimum absolute atomic E-state index is 0.298. The zero-order valence-electron chi connectivity index (χ0n) is 15.2. The van der Waals surface area contributed by atoms with E-state index in [-0.39, 0.29) is 11.7 Å². The molecule has 2 aromatic rings. The molecule has 0 bridgehead atoms. The van der Waals surface area contributed by atoms with Gasteiger partial charge in [-0.3, -0.25) is 19.7 Å². The molecule has 0 aliphatic rings. The lowest BCUT2D eigenvalue weighted by Crippen LogP contribution is -2.23. The molecule has 0 aliphatic heterocycles. The van der Waals surface area contributed by atoms with Crippen molar-refractivity contribution in [1.82, 2.24) is 5.32 Å². The van der Waals surface area contributed by atoms with Crippen LogP contribution < -0.4 is 20.5 Å². The molecule has 2 amide bonds. The summed E-state index contributed by atoms with van der Waals surface area (Å²) in [5.41, 5.74) is 0.0313. The van der Waals surface area contributed by atoms with Gasteiger partial charge in [0, 0.05) is 23.9 Å². The summed E-state index contributed by atoms with van der Waals surface area (Å²) in [6.45, 7) is 1.64. The molecule has 29 heavy (non-hydrogen) atoms. The number of amides is 2. The van der Waals surface area contributed by atoms with Crippen LogP contribution >= 0.6 is 0 Å². The number of hydrogen-bond donors (Lipinski definition) is 3. The Kier molecular flexibility index (Phi) is 6.85. The van der Waals surface area contributed by atoms with Crippen LogP contribution in [0.5, 0.6) is 5.75 Å². The Balaban J connectivity index is 2.09. The molecule has 2 aromatic carbocycles. The summed E-state index contributed by atoms with van der Waals surface area (Å²) in [6, 6.07) is 9.01. The molecule has 0 aromatic heterocycles. The van der Waals surface area contributed by atoms with Gasteiger partial charge in [-0.2, -0.15) is 0 Å². The first-order valence-electron chi connectivity index (χ1n) is 8.24. The molecule has 12 heteroatoms. The van der Waals surface area contributed by atoms with Gasteiger partial charge in [0.25, 0.3) is 11.8 Å². The number of nitrogens with two attached hydrogens (primary N) is 1. The molecule has 0 heterocycles. The first-order valence-corrected chi connectivity index (χ1v) is 9.78. The van der Waals surface area contributed by atoms with Gasteiger partial charge in [-0.05, 0) is 37.3 Å². The maximum absolute atomic E-state index is 12.1. The molecule has 0 fully saturated rings. The van der Waals surface area contributed by atoms with Crippen molar-refractivity contribution in [2.45, 2.75) is 11.8 Å². The number of nitro benzene ring substituents is 1. The second-order valence-electron chi connectivity index (χ2n) is 5.71. The Labute approximate surface area is 166 Å². The summed E-state index contributed by atoms with van der Waals surface area (Å²) < 4.78 is 27.8. The number of carbonyl (C=O) groups excluding carboxylic acids is 2. The van der Waals surface area contributed by atoms with Gasteiger partial charge in [-0.1, -0.05) is 6.07 Å². The predicted molar refractivity (Wildman–Crippen MR) is 103 cm³/mol. The van der Waals surface area contributed by atoms with Gasteiger partial charge < -0.3 is 15.4 Å². The van der Waals surface area contributed by atoms with Crippen LogP contribution in [0.1, 0.15) is 17.3 Å². The van der Waals surface area contributed by atoms with E-state index in [9.17, 15) is 28.1 Å². The van der Waals surface area contributed by atoms with Gasteiger partial charge in [0.1, 0.15) is 0 Å². The molecule has 2 rings (SSSR count). The second kappa shape index (κ2) is 9.12. The number of rotatable bonds is 8. The minimum atomic E-state index is -4.13. The van der Waals surface area contributed by atoms with Gasteiger partial charge >= 0.3 is 5.69 Å². The number of ether oxygens (including phenoxy) is 1. The van der Waals surface area contributed by atoms with Crippen LogP contribution in [-0.4, -0.2) is 38.3 Å². The van der Waals surface area contributed by atoms with Crippen LogP contribution in [0, 0.1) is 10.1 Å². The number of carbonyl (C=O) groups is 2. The third-order valence-electron chi connectivity index (χ3n) is 3.56. The fourth-order valence-electron chi connectivity index (χ4n) is 2.28. The number of nitrogens with zero attached hydrogens (tertiary/aromatic N) is 1. The topological polar surface area (TPSA) is 171 Å². The highest BCUT2D eigenvalue weighted by atomic mass is 32.2. The SMILES string of the molecule is CCNC(=O)c1cccc(NC(=O)COc2ccc(S(N)(=O)=O)cc2[N+](=O)[O-])c1. The molecule has 0 atom stereocenters. The number of primary sulfonamides is 1. The van der Waals surface area contributed by atoms with Crippen LogP contribution in [0.25, 0.3) is 0 Å². The maximum Gasteiger partial charge on any atom is 0.312 e. The van der Waals surface area contributed by atoms with Crippen molar-refractivity contribution in [3.8, 4) is 5.75 Å². The number of nitrogens with one attached hydrogen (secondary N) is 2. The Hall–Kier alpha value is -3.51. The monoisotopic (exact) mass is 422 g/mol. The molecule has 0 saturated heterocycles. The number of sulfonamides is 1. The standard InChI is InChI=1S/C17H18N4O7S/c1-2-19-17(23)11-4-3-5-12(8-11)20-16(22)10-28-15-7-6-13(29(18,26)27)9-14(15)21(24)25/h3-9H,2,10H2,1H3,(H,19,23)(H,20,22)(H2,18,26,27). The highest BCUT2D eigenvalue weighted by Crippen LogP contribution is 2.29. The molecule has 0 aliphatic carbocycles. The van der Waals surface area contributed by atoms with E-state index in [0.717, 1.165) is 18.2 Å². The smallest absolute Gasteiger partial charge is 0.312 e. The average molecular weight is 422 g/mol. The molecule has 4 N–H and O–H groups in total. The maximum atomic E-state index is 12.1. The summed E-state index contributed by atoms with van der Waals surface area (Å²) in [5, 5.41) is 21.2. The lowest BCUT2D eigenvalue weighted by atomic mass is 10.2. The van der Waals surface area contributed by atoms with Gasteiger partial charge in [0.2, 0.25) is 10.0 Å². The Bertz CT molecular complexity index is 1050. The lowest BCUT2D eigenvalue weighted by Gasteiger charge is -2.10. The van der Waals surface area contributed by atoms with Crippen LogP contribution in [-0.2, 0) is 14.8 Å². The first kappa shape index (κ1) is 21.8. The Morgan fingerprint density at radius 3 is 2.55 bits per heavy atom. The molecule has 0 unspecified atom stereocenters. The zero-order valence-corrected chi connectivity index (χ0v) is 16.1. The van der Waals surface area contributed by atoms with E-state index >= 15 is 0 Å². The van der Waals surface area contributed by atoms with E-state index in [1.807, 2.05) is 0 Å². The van der Waals surface area contributed by atoms with Crippen molar-refractivity contribution in [3.05, 3.63) is 58.1 Å². The van der Waals surface area contributed by atoms with E-state index in [1.165, 1.54) is 6.07 Å². The summed E-state index contributed by atoms with van der Waals surface area (Å²) in [5.74, 6) is -1.23. The Morgan fingerprint density at radius 2 is 1.93 bits per heavy atom. The quantitative estimate of drug-likeness (QED) is 0.421. The lowest BCUT2D eigenvalue weighted by molar-refractivity contribution is -0.386. The third-order valence-corrected chi connectivity index (χ3v) is 4.47. The van der Waals surface area contributed by atoms with Crippen molar-refractivity contribution in [2.75, 3.05) is 18.5 Å². The summed E-state index contributed by atoms with van der Waals surface area (Å²) >= 11 is 0. The van der Waals surface area contributed by atoms with Crippen LogP contribution in [0.2, 0.25) is 0 Å². The fraction of sp³-hybridized carbons (Fsp3) is 0.176. The predicted octanol–water partition coefficient (Wildman–Crippen LogP) is 1.01. The Morgan fingerprint density at radius 1 is 1.21 bits per heavy atom. The van der Waals surface area contributed by atoms with E-state index < -0.39 is 38.0 Å². The molecule has 11 nitrogen and oxygen atoms in total. The van der Waals surface area contributed by atoms with Crippen molar-refractivity contribution in [3.63, 3.8) is 0 Å². The minimum Gasteiger partial charge on any atom is -0.477 e. The molecule has 0 radical (unpaired) electrons. The van der Waals surface area contributed by atoms with Crippen molar-refractivity contribution in [2.24, 2.45) is 5.14 Å². The van der Waals surface area contributed by atoms with E-state index in [1.54, 1.807) is 25.1 Å². The van der Waals surface area contributed by atoms with Gasteiger partial charge in [0.05, 0.1) is 9.82 Å². The summed E-state index contributed by atoms with van der Waals surface area (Å²) in [6.07, 6.45) is 0. The summed E-state index contributed by atoms with van der Waals surface area (Å²) in [4.78, 5) is 33.7. The van der Waals surface area contributed by atoms with E-state index in [2.05, 4.69) is 10.6 Å². The first-order chi connectivity index (χ1) is 13.6. The number of benzene rings is 2. The van der Waals surface area contributed by atoms with Crippen molar-refractivity contribution in [1.29, 1.82) is 0 Å². The highest BCUT2D eigenvalue weighted by Gasteiger charge is 2.21. The molecular weight excluding hydrogens is 404 g/mol. The number of nitro groups is 1. The normalized spacial score (nSPS) is 10.8.